The van der Waals surface area contributed by atoms with Gasteiger partial charge in [-0.25, -0.2) is 0 Å². The van der Waals surface area contributed by atoms with Gasteiger partial charge in [0.15, 0.2) is 0 Å². The third kappa shape index (κ3) is 19.1. The normalized spacial score (nSPS) is 13.6. The quantitative estimate of drug-likeness (QED) is 0.138. The molecule has 0 heterocycles. The Morgan fingerprint density at radius 2 is 1.23 bits per heavy atom. The van der Waals surface area contributed by atoms with Crippen LogP contribution in [0.1, 0.15) is 129 Å². The number of amides is 1. The minimum atomic E-state index is -0.827. The van der Waals surface area contributed by atoms with Crippen LogP contribution >= 0.6 is 0 Å². The summed E-state index contributed by atoms with van der Waals surface area (Å²) in [6.45, 7) is 4.20. The zero-order valence-corrected chi connectivity index (χ0v) is 20.0. The van der Waals surface area contributed by atoms with Crippen molar-refractivity contribution in [2.24, 2.45) is 0 Å². The summed E-state index contributed by atoms with van der Waals surface area (Å²) in [6.07, 6.45) is 24.3. The third-order valence-electron chi connectivity index (χ3n) is 5.77. The highest BCUT2D eigenvalue weighted by molar-refractivity contribution is 5.76. The molecule has 2 atom stereocenters. The van der Waals surface area contributed by atoms with Crippen LogP contribution in [0.25, 0.3) is 0 Å². The van der Waals surface area contributed by atoms with Crippen LogP contribution in [0.5, 0.6) is 0 Å². The van der Waals surface area contributed by atoms with Gasteiger partial charge in [0.1, 0.15) is 0 Å². The van der Waals surface area contributed by atoms with E-state index in [-0.39, 0.29) is 12.5 Å². The summed E-state index contributed by atoms with van der Waals surface area (Å²) in [5.74, 6) is -0.0771. The number of carbonyl (C=O) groups is 1. The predicted molar refractivity (Wildman–Crippen MR) is 129 cm³/mol. The highest BCUT2D eigenvalue weighted by atomic mass is 16.3. The maximum Gasteiger partial charge on any atom is 0.220 e. The van der Waals surface area contributed by atoms with E-state index in [1.807, 2.05) is 6.08 Å². The van der Waals surface area contributed by atoms with E-state index in [0.29, 0.717) is 6.42 Å². The van der Waals surface area contributed by atoms with Gasteiger partial charge in [0.2, 0.25) is 5.91 Å². The first-order valence-corrected chi connectivity index (χ1v) is 12.9. The van der Waals surface area contributed by atoms with E-state index in [4.69, 9.17) is 0 Å². The zero-order chi connectivity index (χ0) is 22.3. The Morgan fingerprint density at radius 1 is 0.767 bits per heavy atom. The fraction of sp³-hybridized carbons (Fsp3) is 0.885. The summed E-state index contributed by atoms with van der Waals surface area (Å²) >= 11 is 0. The molecule has 0 saturated carbocycles. The number of rotatable bonds is 22. The Balaban J connectivity index is 3.73. The molecule has 30 heavy (non-hydrogen) atoms. The lowest BCUT2D eigenvalue weighted by atomic mass is 10.1. The first kappa shape index (κ1) is 29.1. The van der Waals surface area contributed by atoms with Crippen LogP contribution in [0.3, 0.4) is 0 Å². The Kier molecular flexibility index (Phi) is 22.1. The summed E-state index contributed by atoms with van der Waals surface area (Å²) in [5.41, 5.74) is 0. The molecule has 178 valence electrons. The topological polar surface area (TPSA) is 69.6 Å². The van der Waals surface area contributed by atoms with Gasteiger partial charge in [-0.2, -0.15) is 0 Å². The largest absolute Gasteiger partial charge is 0.394 e. The maximum absolute atomic E-state index is 12.0. The lowest BCUT2D eigenvalue weighted by molar-refractivity contribution is -0.123. The van der Waals surface area contributed by atoms with Crippen LogP contribution in [-0.2, 0) is 4.79 Å². The number of carbonyl (C=O) groups excluding carboxylic acids is 1. The van der Waals surface area contributed by atoms with Crippen LogP contribution in [0, 0.1) is 0 Å². The molecule has 0 aliphatic rings. The van der Waals surface area contributed by atoms with Crippen molar-refractivity contribution in [2.75, 3.05) is 6.61 Å². The molecule has 4 nitrogen and oxygen atoms in total. The molecule has 2 unspecified atom stereocenters. The van der Waals surface area contributed by atoms with E-state index >= 15 is 0 Å². The van der Waals surface area contributed by atoms with E-state index in [1.165, 1.54) is 83.5 Å². The molecular weight excluding hydrogens is 374 g/mol. The van der Waals surface area contributed by atoms with Crippen LogP contribution < -0.4 is 5.32 Å². The van der Waals surface area contributed by atoms with Crippen molar-refractivity contribution in [3.05, 3.63) is 12.2 Å². The number of aliphatic hydroxyl groups excluding tert-OH is 2. The van der Waals surface area contributed by atoms with Crippen molar-refractivity contribution in [3.63, 3.8) is 0 Å². The van der Waals surface area contributed by atoms with Gasteiger partial charge < -0.3 is 15.5 Å². The summed E-state index contributed by atoms with van der Waals surface area (Å²) < 4.78 is 0. The second kappa shape index (κ2) is 22.8. The molecule has 0 aromatic heterocycles. The number of hydrogen-bond acceptors (Lipinski definition) is 3. The summed E-state index contributed by atoms with van der Waals surface area (Å²) in [4.78, 5) is 12.0. The van der Waals surface area contributed by atoms with E-state index in [1.54, 1.807) is 6.08 Å². The molecular formula is C26H51NO3. The molecule has 0 rings (SSSR count). The number of allylic oxidation sites excluding steroid dienone is 1. The van der Waals surface area contributed by atoms with Crippen molar-refractivity contribution in [3.8, 4) is 0 Å². The monoisotopic (exact) mass is 425 g/mol. The SMILES string of the molecule is CCCCCCCCCCCC/C=C/C(O)C(CO)NC(=O)CCCCCCCC. The van der Waals surface area contributed by atoms with E-state index in [2.05, 4.69) is 19.2 Å². The van der Waals surface area contributed by atoms with Crippen molar-refractivity contribution in [1.82, 2.24) is 5.32 Å². The molecule has 1 amide bonds. The van der Waals surface area contributed by atoms with Gasteiger partial charge in [0.25, 0.3) is 0 Å². The molecule has 0 spiro atoms. The second-order valence-electron chi connectivity index (χ2n) is 8.76. The lowest BCUT2D eigenvalue weighted by Crippen LogP contribution is -2.45. The summed E-state index contributed by atoms with van der Waals surface area (Å²) in [7, 11) is 0. The molecule has 0 bridgehead atoms. The Bertz CT molecular complexity index is 398. The Morgan fingerprint density at radius 3 is 1.73 bits per heavy atom. The van der Waals surface area contributed by atoms with Gasteiger partial charge in [-0.3, -0.25) is 4.79 Å². The first-order chi connectivity index (χ1) is 14.7. The fourth-order valence-corrected chi connectivity index (χ4v) is 3.70. The number of aliphatic hydroxyl groups is 2. The molecule has 0 aliphatic carbocycles. The van der Waals surface area contributed by atoms with Crippen LogP contribution in [0.4, 0.5) is 0 Å². The van der Waals surface area contributed by atoms with E-state index < -0.39 is 12.1 Å². The molecule has 0 radical (unpaired) electrons. The first-order valence-electron chi connectivity index (χ1n) is 12.9. The van der Waals surface area contributed by atoms with Crippen LogP contribution in [-0.4, -0.2) is 34.9 Å². The highest BCUT2D eigenvalue weighted by Crippen LogP contribution is 2.12. The molecule has 3 N–H and O–H groups in total. The van der Waals surface area contributed by atoms with Gasteiger partial charge in [-0.05, 0) is 19.3 Å². The maximum atomic E-state index is 12.0. The lowest BCUT2D eigenvalue weighted by Gasteiger charge is -2.20. The Hall–Kier alpha value is -0.870. The van der Waals surface area contributed by atoms with Gasteiger partial charge in [0, 0.05) is 6.42 Å². The van der Waals surface area contributed by atoms with Gasteiger partial charge in [-0.1, -0.05) is 116 Å². The van der Waals surface area contributed by atoms with Gasteiger partial charge in [0.05, 0.1) is 18.8 Å². The van der Waals surface area contributed by atoms with E-state index in [9.17, 15) is 15.0 Å². The molecule has 0 saturated heterocycles. The van der Waals surface area contributed by atoms with Crippen molar-refractivity contribution in [1.29, 1.82) is 0 Å². The van der Waals surface area contributed by atoms with Crippen LogP contribution in [0.2, 0.25) is 0 Å². The molecule has 0 aromatic rings. The average Bonchev–Trinajstić information content (AvgIpc) is 2.75. The van der Waals surface area contributed by atoms with Crippen molar-refractivity contribution in [2.45, 2.75) is 142 Å². The zero-order valence-electron chi connectivity index (χ0n) is 20.0. The third-order valence-corrected chi connectivity index (χ3v) is 5.77. The number of nitrogens with one attached hydrogen (secondary N) is 1. The molecule has 4 heteroatoms. The van der Waals surface area contributed by atoms with Crippen molar-refractivity contribution < 1.29 is 15.0 Å². The fourth-order valence-electron chi connectivity index (χ4n) is 3.70. The molecule has 0 aromatic carbocycles. The average molecular weight is 426 g/mol. The molecule has 0 fully saturated rings. The minimum Gasteiger partial charge on any atom is -0.394 e. The molecule has 0 aliphatic heterocycles. The van der Waals surface area contributed by atoms with Gasteiger partial charge >= 0.3 is 0 Å². The van der Waals surface area contributed by atoms with Crippen LogP contribution in [0.15, 0.2) is 12.2 Å². The minimum absolute atomic E-state index is 0.0771. The summed E-state index contributed by atoms with van der Waals surface area (Å²) in [5, 5.41) is 22.5. The second-order valence-corrected chi connectivity index (χ2v) is 8.76. The smallest absolute Gasteiger partial charge is 0.220 e. The standard InChI is InChI=1S/C26H51NO3/c1-3-5-7-9-11-12-13-14-15-16-17-19-21-25(29)24(23-28)27-26(30)22-20-18-10-8-6-4-2/h19,21,24-25,28-29H,3-18,20,22-23H2,1-2H3,(H,27,30)/b21-19+. The van der Waals surface area contributed by atoms with E-state index in [0.717, 1.165) is 25.7 Å². The van der Waals surface area contributed by atoms with Crippen molar-refractivity contribution >= 4 is 5.91 Å². The van der Waals surface area contributed by atoms with Gasteiger partial charge in [-0.15, -0.1) is 0 Å². The summed E-state index contributed by atoms with van der Waals surface area (Å²) in [6, 6.07) is -0.610. The highest BCUT2D eigenvalue weighted by Gasteiger charge is 2.17. The number of hydrogen-bond donors (Lipinski definition) is 3. The predicted octanol–water partition coefficient (Wildman–Crippen LogP) is 6.44. The Labute approximate surface area is 186 Å². The number of unbranched alkanes of at least 4 members (excludes halogenated alkanes) is 15.